The SMILES string of the molecule is Cc1ccc(-c2cc(C(=O)N[C@H](C)C(=O)NC(C)C)no2)cc1. The van der Waals surface area contributed by atoms with Crippen molar-refractivity contribution in [3.05, 3.63) is 41.6 Å². The summed E-state index contributed by atoms with van der Waals surface area (Å²) in [5.41, 5.74) is 2.12. The second-order valence-corrected chi connectivity index (χ2v) is 5.80. The van der Waals surface area contributed by atoms with Crippen LogP contribution in [-0.2, 0) is 4.79 Å². The average Bonchev–Trinajstić information content (AvgIpc) is 2.97. The lowest BCUT2D eigenvalue weighted by atomic mass is 10.1. The van der Waals surface area contributed by atoms with Gasteiger partial charge >= 0.3 is 0 Å². The lowest BCUT2D eigenvalue weighted by Crippen LogP contribution is -2.46. The molecule has 0 saturated heterocycles. The lowest BCUT2D eigenvalue weighted by molar-refractivity contribution is -0.123. The molecule has 2 amide bonds. The molecular formula is C17H21N3O3. The highest BCUT2D eigenvalue weighted by atomic mass is 16.5. The first kappa shape index (κ1) is 16.7. The van der Waals surface area contributed by atoms with E-state index in [2.05, 4.69) is 15.8 Å². The molecule has 0 spiro atoms. The van der Waals surface area contributed by atoms with Gasteiger partial charge in [-0.25, -0.2) is 0 Å². The third kappa shape index (κ3) is 4.42. The van der Waals surface area contributed by atoms with E-state index in [9.17, 15) is 9.59 Å². The number of aromatic nitrogens is 1. The molecule has 1 aromatic heterocycles. The summed E-state index contributed by atoms with van der Waals surface area (Å²) in [6.45, 7) is 7.33. The molecule has 1 aromatic carbocycles. The van der Waals surface area contributed by atoms with E-state index in [0.29, 0.717) is 5.76 Å². The first-order valence-corrected chi connectivity index (χ1v) is 7.52. The van der Waals surface area contributed by atoms with Gasteiger partial charge in [0, 0.05) is 17.7 Å². The fraction of sp³-hybridized carbons (Fsp3) is 0.353. The molecule has 6 heteroatoms. The molecule has 122 valence electrons. The Morgan fingerprint density at radius 2 is 1.74 bits per heavy atom. The Labute approximate surface area is 135 Å². The van der Waals surface area contributed by atoms with Crippen molar-refractivity contribution in [2.45, 2.75) is 39.8 Å². The maximum absolute atomic E-state index is 12.1. The largest absolute Gasteiger partial charge is 0.355 e. The van der Waals surface area contributed by atoms with Crippen molar-refractivity contribution in [2.24, 2.45) is 0 Å². The Balaban J connectivity index is 2.03. The van der Waals surface area contributed by atoms with Crippen LogP contribution in [0.3, 0.4) is 0 Å². The van der Waals surface area contributed by atoms with E-state index in [4.69, 9.17) is 4.52 Å². The van der Waals surface area contributed by atoms with Gasteiger partial charge in [0.05, 0.1) is 0 Å². The first-order chi connectivity index (χ1) is 10.9. The summed E-state index contributed by atoms with van der Waals surface area (Å²) in [7, 11) is 0. The third-order valence-corrected chi connectivity index (χ3v) is 3.25. The standard InChI is InChI=1S/C17H21N3O3/c1-10(2)18-16(21)12(4)19-17(22)14-9-15(23-20-14)13-7-5-11(3)6-8-13/h5-10,12H,1-4H3,(H,18,21)(H,19,22)/t12-/m1/s1. The van der Waals surface area contributed by atoms with Crippen molar-refractivity contribution in [1.82, 2.24) is 15.8 Å². The zero-order valence-corrected chi connectivity index (χ0v) is 13.7. The summed E-state index contributed by atoms with van der Waals surface area (Å²) in [4.78, 5) is 23.9. The normalized spacial score (nSPS) is 12.0. The molecule has 23 heavy (non-hydrogen) atoms. The number of amides is 2. The predicted molar refractivity (Wildman–Crippen MR) is 86.9 cm³/mol. The van der Waals surface area contributed by atoms with E-state index in [1.807, 2.05) is 45.0 Å². The second-order valence-electron chi connectivity index (χ2n) is 5.80. The summed E-state index contributed by atoms with van der Waals surface area (Å²) in [5, 5.41) is 9.11. The minimum Gasteiger partial charge on any atom is -0.355 e. The summed E-state index contributed by atoms with van der Waals surface area (Å²) < 4.78 is 5.21. The zero-order chi connectivity index (χ0) is 17.0. The van der Waals surface area contributed by atoms with Gasteiger partial charge in [-0.3, -0.25) is 9.59 Å². The van der Waals surface area contributed by atoms with E-state index < -0.39 is 11.9 Å². The maximum atomic E-state index is 12.1. The molecule has 0 radical (unpaired) electrons. The number of nitrogens with one attached hydrogen (secondary N) is 2. The van der Waals surface area contributed by atoms with Crippen LogP contribution < -0.4 is 10.6 Å². The van der Waals surface area contributed by atoms with E-state index in [1.165, 1.54) is 0 Å². The van der Waals surface area contributed by atoms with Gasteiger partial charge in [0.2, 0.25) is 5.91 Å². The van der Waals surface area contributed by atoms with Gasteiger partial charge < -0.3 is 15.2 Å². The predicted octanol–water partition coefficient (Wildman–Crippen LogP) is 2.29. The second kappa shape index (κ2) is 7.09. The Morgan fingerprint density at radius 1 is 1.09 bits per heavy atom. The van der Waals surface area contributed by atoms with Gasteiger partial charge in [-0.2, -0.15) is 0 Å². The van der Waals surface area contributed by atoms with Crippen molar-refractivity contribution < 1.29 is 14.1 Å². The minimum absolute atomic E-state index is 0.0158. The highest BCUT2D eigenvalue weighted by Gasteiger charge is 2.20. The van der Waals surface area contributed by atoms with E-state index in [0.717, 1.165) is 11.1 Å². The Kier molecular flexibility index (Phi) is 5.16. The summed E-state index contributed by atoms with van der Waals surface area (Å²) in [6.07, 6.45) is 0. The van der Waals surface area contributed by atoms with Crippen LogP contribution in [0.25, 0.3) is 11.3 Å². The Hall–Kier alpha value is -2.63. The molecule has 0 bridgehead atoms. The zero-order valence-electron chi connectivity index (χ0n) is 13.7. The Bertz CT molecular complexity index is 689. The van der Waals surface area contributed by atoms with Crippen LogP contribution in [0, 0.1) is 6.92 Å². The smallest absolute Gasteiger partial charge is 0.274 e. The number of carbonyl (C=O) groups excluding carboxylic acids is 2. The summed E-state index contributed by atoms with van der Waals surface area (Å²) >= 11 is 0. The van der Waals surface area contributed by atoms with Crippen molar-refractivity contribution in [3.8, 4) is 11.3 Å². The van der Waals surface area contributed by atoms with Gasteiger partial charge in [0.1, 0.15) is 6.04 Å². The number of benzene rings is 1. The van der Waals surface area contributed by atoms with Crippen LogP contribution in [-0.4, -0.2) is 29.1 Å². The fourth-order valence-electron chi connectivity index (χ4n) is 1.98. The van der Waals surface area contributed by atoms with Gasteiger partial charge in [-0.05, 0) is 27.7 Å². The highest BCUT2D eigenvalue weighted by molar-refractivity contribution is 5.96. The fourth-order valence-corrected chi connectivity index (χ4v) is 1.98. The van der Waals surface area contributed by atoms with Crippen LogP contribution in [0.15, 0.2) is 34.9 Å². The van der Waals surface area contributed by atoms with Crippen molar-refractivity contribution in [1.29, 1.82) is 0 Å². The molecular weight excluding hydrogens is 294 g/mol. The van der Waals surface area contributed by atoms with Crippen LogP contribution >= 0.6 is 0 Å². The highest BCUT2D eigenvalue weighted by Crippen LogP contribution is 2.20. The van der Waals surface area contributed by atoms with Crippen LogP contribution in [0.1, 0.15) is 36.8 Å². The van der Waals surface area contributed by atoms with Gasteiger partial charge in [-0.1, -0.05) is 35.0 Å². The molecule has 0 aliphatic carbocycles. The van der Waals surface area contributed by atoms with Crippen LogP contribution in [0.5, 0.6) is 0 Å². The van der Waals surface area contributed by atoms with Crippen molar-refractivity contribution >= 4 is 11.8 Å². The molecule has 6 nitrogen and oxygen atoms in total. The first-order valence-electron chi connectivity index (χ1n) is 7.52. The van der Waals surface area contributed by atoms with Gasteiger partial charge in [-0.15, -0.1) is 0 Å². The van der Waals surface area contributed by atoms with Crippen molar-refractivity contribution in [2.75, 3.05) is 0 Å². The average molecular weight is 315 g/mol. The number of hydrogen-bond donors (Lipinski definition) is 2. The monoisotopic (exact) mass is 315 g/mol. The van der Waals surface area contributed by atoms with Crippen molar-refractivity contribution in [3.63, 3.8) is 0 Å². The molecule has 0 unspecified atom stereocenters. The molecule has 2 aromatic rings. The molecule has 0 aliphatic heterocycles. The van der Waals surface area contributed by atoms with Gasteiger partial charge in [0.15, 0.2) is 11.5 Å². The number of hydrogen-bond acceptors (Lipinski definition) is 4. The number of rotatable bonds is 5. The molecule has 2 rings (SSSR count). The molecule has 1 atom stereocenters. The topological polar surface area (TPSA) is 84.2 Å². The maximum Gasteiger partial charge on any atom is 0.274 e. The number of carbonyl (C=O) groups is 2. The summed E-state index contributed by atoms with van der Waals surface area (Å²) in [6, 6.07) is 8.64. The molecule has 1 heterocycles. The van der Waals surface area contributed by atoms with E-state index in [-0.39, 0.29) is 17.6 Å². The molecule has 2 N–H and O–H groups in total. The number of aryl methyl sites for hydroxylation is 1. The quantitative estimate of drug-likeness (QED) is 0.886. The summed E-state index contributed by atoms with van der Waals surface area (Å²) in [5.74, 6) is -0.177. The van der Waals surface area contributed by atoms with E-state index >= 15 is 0 Å². The van der Waals surface area contributed by atoms with Gasteiger partial charge in [0.25, 0.3) is 5.91 Å². The minimum atomic E-state index is -0.649. The van der Waals surface area contributed by atoms with E-state index in [1.54, 1.807) is 13.0 Å². The Morgan fingerprint density at radius 3 is 2.35 bits per heavy atom. The van der Waals surface area contributed by atoms with Crippen LogP contribution in [0.4, 0.5) is 0 Å². The molecule has 0 aliphatic rings. The molecule has 0 saturated carbocycles. The van der Waals surface area contributed by atoms with Crippen LogP contribution in [0.2, 0.25) is 0 Å². The third-order valence-electron chi connectivity index (χ3n) is 3.25. The lowest BCUT2D eigenvalue weighted by Gasteiger charge is -2.15. The molecule has 0 fully saturated rings. The number of nitrogens with zero attached hydrogens (tertiary/aromatic N) is 1.